The quantitative estimate of drug-likeness (QED) is 0.521. The molecular formula is C22H16O2. The lowest BCUT2D eigenvalue weighted by atomic mass is 9.83. The predicted molar refractivity (Wildman–Crippen MR) is 92.0 cm³/mol. The van der Waals surface area contributed by atoms with E-state index in [0.717, 1.165) is 5.56 Å². The number of esters is 1. The Balaban J connectivity index is 1.78. The van der Waals surface area contributed by atoms with Crippen molar-refractivity contribution < 1.29 is 9.53 Å². The average molecular weight is 312 g/mol. The summed E-state index contributed by atoms with van der Waals surface area (Å²) in [5.41, 5.74) is 3.17. The van der Waals surface area contributed by atoms with Crippen molar-refractivity contribution in [1.29, 1.82) is 0 Å². The van der Waals surface area contributed by atoms with Crippen LogP contribution >= 0.6 is 0 Å². The van der Waals surface area contributed by atoms with Gasteiger partial charge in [-0.2, -0.15) is 0 Å². The van der Waals surface area contributed by atoms with Gasteiger partial charge in [-0.25, -0.2) is 0 Å². The molecule has 2 atom stereocenters. The summed E-state index contributed by atoms with van der Waals surface area (Å²) in [7, 11) is 0. The lowest BCUT2D eigenvalue weighted by Gasteiger charge is -2.19. The van der Waals surface area contributed by atoms with Gasteiger partial charge in [-0.3, -0.25) is 4.79 Å². The average Bonchev–Trinajstić information content (AvgIpc) is 3.36. The molecule has 116 valence electrons. The van der Waals surface area contributed by atoms with Crippen LogP contribution < -0.4 is 4.74 Å². The van der Waals surface area contributed by atoms with E-state index >= 15 is 0 Å². The Morgan fingerprint density at radius 3 is 1.83 bits per heavy atom. The van der Waals surface area contributed by atoms with Crippen LogP contribution in [0.25, 0.3) is 0 Å². The molecule has 0 aromatic heterocycles. The second-order valence-electron chi connectivity index (χ2n) is 6.52. The van der Waals surface area contributed by atoms with E-state index in [-0.39, 0.29) is 23.2 Å². The predicted octanol–water partition coefficient (Wildman–Crippen LogP) is 4.31. The zero-order chi connectivity index (χ0) is 16.1. The number of carbonyl (C=O) groups excluding carboxylic acids is 1. The molecule has 1 fully saturated rings. The maximum absolute atomic E-state index is 12.7. The molecular weight excluding hydrogens is 296 g/mol. The first-order chi connectivity index (χ1) is 11.8. The standard InChI is InChI=1S/C22H16O2/c23-21-20-19(17-13-7-8-14-18(17)24-21)22(20,15-9-3-1-4-10-15)16-11-5-2-6-12-16/h1-14,19-20H. The second-order valence-corrected chi connectivity index (χ2v) is 6.52. The van der Waals surface area contributed by atoms with Gasteiger partial charge in [-0.05, 0) is 17.2 Å². The summed E-state index contributed by atoms with van der Waals surface area (Å²) in [5.74, 6) is 0.570. The molecule has 24 heavy (non-hydrogen) atoms. The minimum absolute atomic E-state index is 0.119. The fraction of sp³-hybridized carbons (Fsp3) is 0.136. The van der Waals surface area contributed by atoms with Crippen LogP contribution in [0.15, 0.2) is 84.9 Å². The van der Waals surface area contributed by atoms with E-state index in [1.807, 2.05) is 54.6 Å². The Morgan fingerprint density at radius 2 is 1.21 bits per heavy atom. The SMILES string of the molecule is O=C1Oc2ccccc2C2C1C2(c1ccccc1)c1ccccc1. The fourth-order valence-corrected chi connectivity index (χ4v) is 4.45. The highest BCUT2D eigenvalue weighted by Gasteiger charge is 2.73. The van der Waals surface area contributed by atoms with E-state index in [4.69, 9.17) is 4.74 Å². The van der Waals surface area contributed by atoms with Gasteiger partial charge in [0.15, 0.2) is 0 Å². The molecule has 0 amide bonds. The molecule has 1 heterocycles. The van der Waals surface area contributed by atoms with E-state index in [9.17, 15) is 4.79 Å². The van der Waals surface area contributed by atoms with Crippen molar-refractivity contribution in [2.75, 3.05) is 0 Å². The van der Waals surface area contributed by atoms with Crippen molar-refractivity contribution in [3.8, 4) is 5.75 Å². The highest BCUT2D eigenvalue weighted by molar-refractivity contribution is 5.89. The lowest BCUT2D eigenvalue weighted by molar-refractivity contribution is -0.137. The zero-order valence-corrected chi connectivity index (χ0v) is 13.1. The lowest BCUT2D eigenvalue weighted by Crippen LogP contribution is -2.20. The Labute approximate surface area is 140 Å². The van der Waals surface area contributed by atoms with Crippen LogP contribution in [0.2, 0.25) is 0 Å². The van der Waals surface area contributed by atoms with Gasteiger partial charge in [0.05, 0.1) is 5.92 Å². The number of hydrogen-bond donors (Lipinski definition) is 0. The molecule has 0 spiro atoms. The molecule has 2 aliphatic rings. The summed E-state index contributed by atoms with van der Waals surface area (Å²) < 4.78 is 5.65. The van der Waals surface area contributed by atoms with Crippen LogP contribution in [0, 0.1) is 5.92 Å². The number of rotatable bonds is 2. The van der Waals surface area contributed by atoms with Crippen LogP contribution in [-0.4, -0.2) is 5.97 Å². The zero-order valence-electron chi connectivity index (χ0n) is 13.1. The van der Waals surface area contributed by atoms with E-state index in [1.165, 1.54) is 11.1 Å². The van der Waals surface area contributed by atoms with Crippen LogP contribution in [0.5, 0.6) is 5.75 Å². The first kappa shape index (κ1) is 13.6. The Bertz CT molecular complexity index is 875. The molecule has 0 saturated heterocycles. The summed E-state index contributed by atoms with van der Waals surface area (Å²) in [6, 6.07) is 28.6. The minimum atomic E-state index is -0.327. The van der Waals surface area contributed by atoms with Gasteiger partial charge in [0.25, 0.3) is 0 Å². The topological polar surface area (TPSA) is 26.3 Å². The van der Waals surface area contributed by atoms with Gasteiger partial charge in [-0.15, -0.1) is 0 Å². The summed E-state index contributed by atoms with van der Waals surface area (Å²) in [5, 5.41) is 0. The van der Waals surface area contributed by atoms with E-state index in [0.29, 0.717) is 5.75 Å². The molecule has 5 rings (SSSR count). The number of fused-ring (bicyclic) bond motifs is 3. The van der Waals surface area contributed by atoms with E-state index < -0.39 is 0 Å². The number of hydrogen-bond acceptors (Lipinski definition) is 2. The Kier molecular flexibility index (Phi) is 2.72. The van der Waals surface area contributed by atoms with Crippen LogP contribution in [0.3, 0.4) is 0 Å². The molecule has 0 radical (unpaired) electrons. The van der Waals surface area contributed by atoms with Gasteiger partial charge >= 0.3 is 5.97 Å². The number of para-hydroxylation sites is 1. The van der Waals surface area contributed by atoms with Crippen molar-refractivity contribution >= 4 is 5.97 Å². The van der Waals surface area contributed by atoms with Crippen molar-refractivity contribution in [3.63, 3.8) is 0 Å². The monoisotopic (exact) mass is 312 g/mol. The highest BCUT2D eigenvalue weighted by Crippen LogP contribution is 2.71. The largest absolute Gasteiger partial charge is 0.426 e. The molecule has 3 aromatic rings. The van der Waals surface area contributed by atoms with Crippen molar-refractivity contribution in [2.24, 2.45) is 5.92 Å². The van der Waals surface area contributed by atoms with Gasteiger partial charge in [0.1, 0.15) is 5.75 Å². The van der Waals surface area contributed by atoms with Crippen molar-refractivity contribution in [2.45, 2.75) is 11.3 Å². The fourth-order valence-electron chi connectivity index (χ4n) is 4.45. The molecule has 1 aliphatic heterocycles. The summed E-state index contributed by atoms with van der Waals surface area (Å²) in [6.07, 6.45) is 0. The second kappa shape index (κ2) is 4.81. The van der Waals surface area contributed by atoms with Crippen molar-refractivity contribution in [1.82, 2.24) is 0 Å². The molecule has 1 aliphatic carbocycles. The first-order valence-corrected chi connectivity index (χ1v) is 8.25. The third kappa shape index (κ3) is 1.63. The third-order valence-corrected chi connectivity index (χ3v) is 5.43. The van der Waals surface area contributed by atoms with Crippen LogP contribution in [-0.2, 0) is 10.2 Å². The smallest absolute Gasteiger partial charge is 0.316 e. The van der Waals surface area contributed by atoms with Crippen LogP contribution in [0.4, 0.5) is 0 Å². The van der Waals surface area contributed by atoms with Gasteiger partial charge in [0, 0.05) is 16.9 Å². The molecule has 0 N–H and O–H groups in total. The minimum Gasteiger partial charge on any atom is -0.426 e. The highest BCUT2D eigenvalue weighted by atomic mass is 16.5. The molecule has 0 bridgehead atoms. The molecule has 2 nitrogen and oxygen atoms in total. The molecule has 2 heteroatoms. The Morgan fingerprint density at radius 1 is 0.667 bits per heavy atom. The molecule has 2 unspecified atom stereocenters. The van der Waals surface area contributed by atoms with E-state index in [2.05, 4.69) is 30.3 Å². The number of ether oxygens (including phenoxy) is 1. The molecule has 1 saturated carbocycles. The third-order valence-electron chi connectivity index (χ3n) is 5.43. The van der Waals surface area contributed by atoms with Gasteiger partial charge < -0.3 is 4.74 Å². The normalized spacial score (nSPS) is 22.9. The maximum Gasteiger partial charge on any atom is 0.316 e. The molecule has 3 aromatic carbocycles. The summed E-state index contributed by atoms with van der Waals surface area (Å²) >= 11 is 0. The van der Waals surface area contributed by atoms with E-state index in [1.54, 1.807) is 0 Å². The van der Waals surface area contributed by atoms with Gasteiger partial charge in [0.2, 0.25) is 0 Å². The summed E-state index contributed by atoms with van der Waals surface area (Å²) in [6.45, 7) is 0. The first-order valence-electron chi connectivity index (χ1n) is 8.25. The van der Waals surface area contributed by atoms with Gasteiger partial charge in [-0.1, -0.05) is 78.9 Å². The number of benzene rings is 3. The Hall–Kier alpha value is -2.87. The number of carbonyl (C=O) groups is 1. The van der Waals surface area contributed by atoms with Crippen LogP contribution in [0.1, 0.15) is 22.6 Å². The maximum atomic E-state index is 12.7. The van der Waals surface area contributed by atoms with Crippen molar-refractivity contribution in [3.05, 3.63) is 102 Å². The summed E-state index contributed by atoms with van der Waals surface area (Å²) in [4.78, 5) is 12.7.